The molecule has 0 amide bonds. The van der Waals surface area contributed by atoms with Gasteiger partial charge in [0.15, 0.2) is 5.96 Å². The molecule has 28 heavy (non-hydrogen) atoms. The Balaban J connectivity index is 0.00000280. The van der Waals surface area contributed by atoms with Crippen molar-refractivity contribution in [3.05, 3.63) is 53.6 Å². The monoisotopic (exact) mass is 503 g/mol. The number of aryl methyl sites for hydroxylation is 1. The van der Waals surface area contributed by atoms with Crippen LogP contribution in [0.1, 0.15) is 30.3 Å². The number of rotatable bonds is 5. The van der Waals surface area contributed by atoms with Gasteiger partial charge in [-0.05, 0) is 24.6 Å². The van der Waals surface area contributed by atoms with E-state index in [1.54, 1.807) is 16.8 Å². The van der Waals surface area contributed by atoms with Gasteiger partial charge in [-0.2, -0.15) is 5.10 Å². The summed E-state index contributed by atoms with van der Waals surface area (Å²) in [6.07, 6.45) is 2.92. The molecule has 154 valence electrons. The van der Waals surface area contributed by atoms with Gasteiger partial charge in [-0.3, -0.25) is 9.67 Å². The third-order valence-corrected chi connectivity index (χ3v) is 4.47. The maximum atomic E-state index is 13.0. The largest absolute Gasteiger partial charge is 0.386 e. The van der Waals surface area contributed by atoms with Crippen molar-refractivity contribution in [3.8, 4) is 0 Å². The molecule has 0 saturated carbocycles. The Kier molecular flexibility index (Phi) is 8.64. The molecule has 2 atom stereocenters. The van der Waals surface area contributed by atoms with E-state index in [1.165, 1.54) is 12.1 Å². The Morgan fingerprint density at radius 3 is 2.82 bits per heavy atom. The van der Waals surface area contributed by atoms with E-state index in [0.29, 0.717) is 18.7 Å². The molecule has 0 aliphatic carbocycles. The number of benzene rings is 1. The molecule has 1 fully saturated rings. The number of morpholine rings is 1. The van der Waals surface area contributed by atoms with Gasteiger partial charge in [0.2, 0.25) is 0 Å². The smallest absolute Gasteiger partial charge is 0.194 e. The molecule has 0 bridgehead atoms. The van der Waals surface area contributed by atoms with E-state index in [-0.39, 0.29) is 42.4 Å². The second-order valence-electron chi connectivity index (χ2n) is 6.51. The predicted molar refractivity (Wildman–Crippen MR) is 116 cm³/mol. The van der Waals surface area contributed by atoms with Crippen molar-refractivity contribution < 1.29 is 14.2 Å². The van der Waals surface area contributed by atoms with Crippen LogP contribution >= 0.6 is 24.0 Å². The number of aromatic nitrogens is 2. The molecule has 1 aromatic heterocycles. The predicted octanol–water partition coefficient (Wildman–Crippen LogP) is 2.25. The normalized spacial score (nSPS) is 18.5. The number of hydrogen-bond donors (Lipinski definition) is 2. The summed E-state index contributed by atoms with van der Waals surface area (Å²) in [5, 5.41) is 17.8. The SMILES string of the molecule is CCNC(=NCC(O)c1ccc(F)cc1)N1CCOC(c2cnn(C)c2)C1.I. The molecule has 2 N–H and O–H groups in total. The number of aliphatic imine (C=N–C) groups is 1. The van der Waals surface area contributed by atoms with Crippen LogP contribution in [0, 0.1) is 5.82 Å². The highest BCUT2D eigenvalue weighted by Gasteiger charge is 2.25. The first kappa shape index (κ1) is 22.6. The minimum absolute atomic E-state index is 0. The topological polar surface area (TPSA) is 74.9 Å². The average molecular weight is 503 g/mol. The molecule has 2 aromatic rings. The number of ether oxygens (including phenoxy) is 1. The first-order valence-electron chi connectivity index (χ1n) is 9.13. The minimum Gasteiger partial charge on any atom is -0.386 e. The highest BCUT2D eigenvalue weighted by molar-refractivity contribution is 14.0. The molecule has 1 aliphatic heterocycles. The van der Waals surface area contributed by atoms with Crippen LogP contribution < -0.4 is 5.32 Å². The Labute approximate surface area is 181 Å². The fourth-order valence-corrected chi connectivity index (χ4v) is 3.04. The molecule has 9 heteroatoms. The Hall–Kier alpha value is -1.72. The number of guanidine groups is 1. The molecule has 0 radical (unpaired) electrons. The third-order valence-electron chi connectivity index (χ3n) is 4.47. The van der Waals surface area contributed by atoms with E-state index in [9.17, 15) is 9.50 Å². The van der Waals surface area contributed by atoms with Gasteiger partial charge in [0.05, 0.1) is 32.0 Å². The zero-order valence-electron chi connectivity index (χ0n) is 16.1. The van der Waals surface area contributed by atoms with Crippen LogP contribution in [0.15, 0.2) is 41.7 Å². The maximum Gasteiger partial charge on any atom is 0.194 e. The second-order valence-corrected chi connectivity index (χ2v) is 6.51. The van der Waals surface area contributed by atoms with Crippen molar-refractivity contribution in [3.63, 3.8) is 0 Å². The quantitative estimate of drug-likeness (QED) is 0.372. The number of aliphatic hydroxyl groups excluding tert-OH is 1. The summed E-state index contributed by atoms with van der Waals surface area (Å²) in [4.78, 5) is 6.71. The lowest BCUT2D eigenvalue weighted by Crippen LogP contribution is -2.48. The molecule has 2 heterocycles. The molecular formula is C19H27FIN5O2. The Bertz CT molecular complexity index is 768. The molecular weight excluding hydrogens is 476 g/mol. The number of halogens is 2. The van der Waals surface area contributed by atoms with Crippen molar-refractivity contribution in [1.29, 1.82) is 0 Å². The maximum absolute atomic E-state index is 13.0. The lowest BCUT2D eigenvalue weighted by Gasteiger charge is -2.35. The van der Waals surface area contributed by atoms with Gasteiger partial charge in [-0.1, -0.05) is 12.1 Å². The molecule has 7 nitrogen and oxygen atoms in total. The van der Waals surface area contributed by atoms with Crippen LogP contribution in [0.4, 0.5) is 4.39 Å². The fourth-order valence-electron chi connectivity index (χ4n) is 3.04. The van der Waals surface area contributed by atoms with E-state index in [0.717, 1.165) is 24.6 Å². The van der Waals surface area contributed by atoms with Gasteiger partial charge < -0.3 is 20.1 Å². The van der Waals surface area contributed by atoms with E-state index < -0.39 is 6.10 Å². The molecule has 0 spiro atoms. The average Bonchev–Trinajstić information content (AvgIpc) is 3.12. The summed E-state index contributed by atoms with van der Waals surface area (Å²) >= 11 is 0. The highest BCUT2D eigenvalue weighted by atomic mass is 127. The Morgan fingerprint density at radius 1 is 1.43 bits per heavy atom. The van der Waals surface area contributed by atoms with Crippen molar-refractivity contribution in [2.75, 3.05) is 32.8 Å². The van der Waals surface area contributed by atoms with Gasteiger partial charge in [-0.15, -0.1) is 24.0 Å². The molecule has 3 rings (SSSR count). The molecule has 1 saturated heterocycles. The van der Waals surface area contributed by atoms with E-state index >= 15 is 0 Å². The van der Waals surface area contributed by atoms with Crippen LogP contribution in [0.2, 0.25) is 0 Å². The first-order valence-corrected chi connectivity index (χ1v) is 9.13. The van der Waals surface area contributed by atoms with Crippen molar-refractivity contribution >= 4 is 29.9 Å². The van der Waals surface area contributed by atoms with Gasteiger partial charge >= 0.3 is 0 Å². The van der Waals surface area contributed by atoms with E-state index in [4.69, 9.17) is 4.74 Å². The lowest BCUT2D eigenvalue weighted by atomic mass is 10.1. The summed E-state index contributed by atoms with van der Waals surface area (Å²) in [6.45, 7) is 4.89. The zero-order chi connectivity index (χ0) is 19.2. The van der Waals surface area contributed by atoms with Gasteiger partial charge in [-0.25, -0.2) is 4.39 Å². The van der Waals surface area contributed by atoms with E-state index in [1.807, 2.05) is 26.4 Å². The van der Waals surface area contributed by atoms with Gasteiger partial charge in [0.1, 0.15) is 11.9 Å². The number of nitrogens with one attached hydrogen (secondary N) is 1. The lowest BCUT2D eigenvalue weighted by molar-refractivity contribution is -0.00811. The molecule has 1 aromatic carbocycles. The second kappa shape index (κ2) is 10.7. The summed E-state index contributed by atoms with van der Waals surface area (Å²) < 4.78 is 20.7. The summed E-state index contributed by atoms with van der Waals surface area (Å²) in [7, 11) is 1.88. The van der Waals surface area contributed by atoms with Crippen molar-refractivity contribution in [2.24, 2.45) is 12.0 Å². The van der Waals surface area contributed by atoms with Crippen LogP contribution in [0.25, 0.3) is 0 Å². The van der Waals surface area contributed by atoms with Crippen LogP contribution in [-0.4, -0.2) is 58.5 Å². The highest BCUT2D eigenvalue weighted by Crippen LogP contribution is 2.22. The zero-order valence-corrected chi connectivity index (χ0v) is 18.4. The third kappa shape index (κ3) is 5.89. The number of nitrogens with zero attached hydrogens (tertiary/aromatic N) is 4. The first-order chi connectivity index (χ1) is 13.1. The van der Waals surface area contributed by atoms with Crippen LogP contribution in [0.3, 0.4) is 0 Å². The summed E-state index contributed by atoms with van der Waals surface area (Å²) in [5.41, 5.74) is 1.68. The van der Waals surface area contributed by atoms with Crippen LogP contribution in [0.5, 0.6) is 0 Å². The van der Waals surface area contributed by atoms with Gasteiger partial charge in [0.25, 0.3) is 0 Å². The summed E-state index contributed by atoms with van der Waals surface area (Å²) in [5.74, 6) is 0.411. The van der Waals surface area contributed by atoms with Crippen LogP contribution in [-0.2, 0) is 11.8 Å². The fraction of sp³-hybridized carbons (Fsp3) is 0.474. The molecule has 2 unspecified atom stereocenters. The standard InChI is InChI=1S/C19H26FN5O2.HI/c1-3-21-19(22-11-17(26)14-4-6-16(20)7-5-14)25-8-9-27-18(13-25)15-10-23-24(2)12-15;/h4-7,10,12,17-18,26H,3,8-9,11,13H2,1-2H3,(H,21,22);1H. The van der Waals surface area contributed by atoms with Gasteiger partial charge in [0, 0.05) is 31.9 Å². The van der Waals surface area contributed by atoms with E-state index in [2.05, 4.69) is 20.3 Å². The summed E-state index contributed by atoms with van der Waals surface area (Å²) in [6, 6.07) is 5.84. The molecule has 1 aliphatic rings. The number of aliphatic hydroxyl groups is 1. The Morgan fingerprint density at radius 2 is 2.18 bits per heavy atom. The van der Waals surface area contributed by atoms with Crippen molar-refractivity contribution in [2.45, 2.75) is 19.1 Å². The van der Waals surface area contributed by atoms with Crippen molar-refractivity contribution in [1.82, 2.24) is 20.0 Å². The number of hydrogen-bond acceptors (Lipinski definition) is 4. The minimum atomic E-state index is -0.783.